The summed E-state index contributed by atoms with van der Waals surface area (Å²) in [6.45, 7) is 7.55. The third kappa shape index (κ3) is 3.71. The van der Waals surface area contributed by atoms with Gasteiger partial charge in [0.1, 0.15) is 18.5 Å². The summed E-state index contributed by atoms with van der Waals surface area (Å²) in [5.41, 5.74) is 1.11. The lowest BCUT2D eigenvalue weighted by Gasteiger charge is -2.28. The van der Waals surface area contributed by atoms with Gasteiger partial charge < -0.3 is 9.84 Å². The van der Waals surface area contributed by atoms with Gasteiger partial charge in [-0.05, 0) is 45.2 Å². The van der Waals surface area contributed by atoms with Gasteiger partial charge in [-0.3, -0.25) is 4.90 Å². The predicted octanol–water partition coefficient (Wildman–Crippen LogP) is 2.61. The largest absolute Gasteiger partial charge is 0.491 e. The number of hydrogen-bond acceptors (Lipinski definition) is 3. The van der Waals surface area contributed by atoms with Gasteiger partial charge in [-0.25, -0.2) is 0 Å². The van der Waals surface area contributed by atoms with E-state index < -0.39 is 6.10 Å². The second kappa shape index (κ2) is 6.40. The van der Waals surface area contributed by atoms with E-state index >= 15 is 0 Å². The first-order chi connectivity index (χ1) is 9.08. The SMILES string of the molecule is Cc1ccccc1OCC(O)CN1C(C)CCC1C. The van der Waals surface area contributed by atoms with E-state index in [2.05, 4.69) is 18.7 Å². The molecule has 0 aliphatic carbocycles. The molecule has 1 saturated heterocycles. The number of aryl methyl sites for hydroxylation is 1. The van der Waals surface area contributed by atoms with Crippen molar-refractivity contribution in [2.24, 2.45) is 0 Å². The lowest BCUT2D eigenvalue weighted by Crippen LogP contribution is -2.41. The Labute approximate surface area is 116 Å². The molecule has 3 nitrogen and oxygen atoms in total. The van der Waals surface area contributed by atoms with E-state index in [0.29, 0.717) is 25.2 Å². The van der Waals surface area contributed by atoms with E-state index in [0.717, 1.165) is 11.3 Å². The highest BCUT2D eigenvalue weighted by Crippen LogP contribution is 2.23. The summed E-state index contributed by atoms with van der Waals surface area (Å²) >= 11 is 0. The van der Waals surface area contributed by atoms with Crippen LogP contribution >= 0.6 is 0 Å². The molecule has 0 saturated carbocycles. The molecule has 3 atom stereocenters. The molecule has 1 aromatic rings. The number of rotatable bonds is 5. The summed E-state index contributed by atoms with van der Waals surface area (Å²) in [5, 5.41) is 10.1. The van der Waals surface area contributed by atoms with Gasteiger partial charge >= 0.3 is 0 Å². The minimum absolute atomic E-state index is 0.362. The fourth-order valence-corrected chi connectivity index (χ4v) is 2.81. The lowest BCUT2D eigenvalue weighted by molar-refractivity contribution is 0.0544. The summed E-state index contributed by atoms with van der Waals surface area (Å²) in [5.74, 6) is 0.865. The first-order valence-corrected chi connectivity index (χ1v) is 7.20. The van der Waals surface area contributed by atoms with Gasteiger partial charge in [0.15, 0.2) is 0 Å². The number of β-amino-alcohol motifs (C(OH)–C–C–N with tert-alkyl or cyclic N) is 1. The first kappa shape index (κ1) is 14.4. The number of aliphatic hydroxyl groups is 1. The Bertz CT molecular complexity index is 397. The molecular weight excluding hydrogens is 238 g/mol. The van der Waals surface area contributed by atoms with Crippen LogP contribution in [-0.4, -0.2) is 41.3 Å². The number of ether oxygens (including phenoxy) is 1. The van der Waals surface area contributed by atoms with Crippen LogP contribution in [0.2, 0.25) is 0 Å². The Kier molecular flexibility index (Phi) is 4.83. The zero-order chi connectivity index (χ0) is 13.8. The molecule has 1 N–H and O–H groups in total. The Morgan fingerprint density at radius 2 is 1.89 bits per heavy atom. The topological polar surface area (TPSA) is 32.7 Å². The van der Waals surface area contributed by atoms with Gasteiger partial charge in [-0.2, -0.15) is 0 Å². The molecule has 1 heterocycles. The van der Waals surface area contributed by atoms with Crippen molar-refractivity contribution in [2.45, 2.75) is 51.8 Å². The summed E-state index contributed by atoms with van der Waals surface area (Å²) < 4.78 is 5.70. The number of nitrogens with zero attached hydrogens (tertiary/aromatic N) is 1. The van der Waals surface area contributed by atoms with Crippen molar-refractivity contribution >= 4 is 0 Å². The number of para-hydroxylation sites is 1. The number of likely N-dealkylation sites (tertiary alicyclic amines) is 1. The molecule has 0 amide bonds. The number of hydrogen-bond donors (Lipinski definition) is 1. The molecule has 1 aromatic carbocycles. The molecule has 3 unspecified atom stereocenters. The fraction of sp³-hybridized carbons (Fsp3) is 0.625. The molecule has 1 aliphatic rings. The molecular formula is C16H25NO2. The zero-order valence-corrected chi connectivity index (χ0v) is 12.2. The van der Waals surface area contributed by atoms with E-state index in [1.807, 2.05) is 31.2 Å². The Morgan fingerprint density at radius 3 is 2.53 bits per heavy atom. The predicted molar refractivity (Wildman–Crippen MR) is 77.5 cm³/mol. The zero-order valence-electron chi connectivity index (χ0n) is 12.2. The highest BCUT2D eigenvalue weighted by Gasteiger charge is 2.28. The third-order valence-electron chi connectivity index (χ3n) is 4.08. The standard InChI is InChI=1S/C16H25NO2/c1-12-6-4-5-7-16(12)19-11-15(18)10-17-13(2)8-9-14(17)3/h4-7,13-15,18H,8-11H2,1-3H3. The molecule has 106 valence electrons. The van der Waals surface area contributed by atoms with E-state index in [9.17, 15) is 5.11 Å². The second-order valence-corrected chi connectivity index (χ2v) is 5.70. The van der Waals surface area contributed by atoms with Gasteiger partial charge in [0.2, 0.25) is 0 Å². The number of benzene rings is 1. The van der Waals surface area contributed by atoms with E-state index in [-0.39, 0.29) is 0 Å². The van der Waals surface area contributed by atoms with Gasteiger partial charge in [-0.15, -0.1) is 0 Å². The van der Waals surface area contributed by atoms with Crippen LogP contribution in [0.3, 0.4) is 0 Å². The van der Waals surface area contributed by atoms with Crippen LogP contribution in [0.1, 0.15) is 32.3 Å². The van der Waals surface area contributed by atoms with E-state index in [1.54, 1.807) is 0 Å². The lowest BCUT2D eigenvalue weighted by atomic mass is 10.2. The minimum Gasteiger partial charge on any atom is -0.491 e. The van der Waals surface area contributed by atoms with Crippen molar-refractivity contribution in [1.29, 1.82) is 0 Å². The summed E-state index contributed by atoms with van der Waals surface area (Å²) in [7, 11) is 0. The molecule has 19 heavy (non-hydrogen) atoms. The molecule has 0 spiro atoms. The minimum atomic E-state index is -0.428. The Hall–Kier alpha value is -1.06. The van der Waals surface area contributed by atoms with Crippen molar-refractivity contribution in [3.63, 3.8) is 0 Å². The summed E-state index contributed by atoms with van der Waals surface area (Å²) in [6, 6.07) is 9.06. The van der Waals surface area contributed by atoms with Gasteiger partial charge in [0.25, 0.3) is 0 Å². The van der Waals surface area contributed by atoms with Crippen LogP contribution < -0.4 is 4.74 Å². The molecule has 2 rings (SSSR count). The van der Waals surface area contributed by atoms with Crippen molar-refractivity contribution in [2.75, 3.05) is 13.2 Å². The molecule has 1 fully saturated rings. The Balaban J connectivity index is 1.82. The summed E-state index contributed by atoms with van der Waals surface area (Å²) in [4.78, 5) is 2.38. The molecule has 0 radical (unpaired) electrons. The first-order valence-electron chi connectivity index (χ1n) is 7.20. The smallest absolute Gasteiger partial charge is 0.122 e. The summed E-state index contributed by atoms with van der Waals surface area (Å²) in [6.07, 6.45) is 2.03. The maximum Gasteiger partial charge on any atom is 0.122 e. The van der Waals surface area contributed by atoms with Crippen molar-refractivity contribution in [1.82, 2.24) is 4.90 Å². The molecule has 3 heteroatoms. The molecule has 1 aliphatic heterocycles. The fourth-order valence-electron chi connectivity index (χ4n) is 2.81. The average molecular weight is 263 g/mol. The molecule has 0 aromatic heterocycles. The maximum atomic E-state index is 10.1. The monoisotopic (exact) mass is 263 g/mol. The van der Waals surface area contributed by atoms with Crippen LogP contribution in [0.5, 0.6) is 5.75 Å². The number of aliphatic hydroxyl groups excluding tert-OH is 1. The quantitative estimate of drug-likeness (QED) is 0.886. The van der Waals surface area contributed by atoms with Crippen LogP contribution in [0.4, 0.5) is 0 Å². The van der Waals surface area contributed by atoms with Gasteiger partial charge in [0.05, 0.1) is 0 Å². The van der Waals surface area contributed by atoms with Crippen LogP contribution in [0, 0.1) is 6.92 Å². The highest BCUT2D eigenvalue weighted by atomic mass is 16.5. The highest BCUT2D eigenvalue weighted by molar-refractivity contribution is 5.31. The van der Waals surface area contributed by atoms with Gasteiger partial charge in [-0.1, -0.05) is 18.2 Å². The molecule has 0 bridgehead atoms. The van der Waals surface area contributed by atoms with E-state index in [4.69, 9.17) is 4.74 Å². The van der Waals surface area contributed by atoms with Crippen molar-refractivity contribution < 1.29 is 9.84 Å². The van der Waals surface area contributed by atoms with Crippen LogP contribution in [0.25, 0.3) is 0 Å². The van der Waals surface area contributed by atoms with Crippen LogP contribution in [0.15, 0.2) is 24.3 Å². The average Bonchev–Trinajstić information content (AvgIpc) is 2.70. The maximum absolute atomic E-state index is 10.1. The third-order valence-corrected chi connectivity index (χ3v) is 4.08. The second-order valence-electron chi connectivity index (χ2n) is 5.70. The normalized spacial score (nSPS) is 25.5. The van der Waals surface area contributed by atoms with E-state index in [1.165, 1.54) is 12.8 Å². The Morgan fingerprint density at radius 1 is 1.26 bits per heavy atom. The van der Waals surface area contributed by atoms with Crippen molar-refractivity contribution in [3.8, 4) is 5.75 Å². The van der Waals surface area contributed by atoms with Crippen molar-refractivity contribution in [3.05, 3.63) is 29.8 Å². The van der Waals surface area contributed by atoms with Crippen LogP contribution in [-0.2, 0) is 0 Å². The van der Waals surface area contributed by atoms with Gasteiger partial charge in [0, 0.05) is 18.6 Å².